The number of hydrogen-bond donors (Lipinski definition) is 1. The second kappa shape index (κ2) is 8.49. The zero-order valence-corrected chi connectivity index (χ0v) is 17.2. The monoisotopic (exact) mass is 417 g/mol. The van der Waals surface area contributed by atoms with Crippen molar-refractivity contribution in [2.24, 2.45) is 0 Å². The van der Waals surface area contributed by atoms with Gasteiger partial charge in [-0.15, -0.1) is 0 Å². The van der Waals surface area contributed by atoms with E-state index in [-0.39, 0.29) is 10.9 Å². The summed E-state index contributed by atoms with van der Waals surface area (Å²) in [5.74, 6) is 0.341. The highest BCUT2D eigenvalue weighted by atomic mass is 32.2. The van der Waals surface area contributed by atoms with Gasteiger partial charge in [0.1, 0.15) is 0 Å². The number of ether oxygens (including phenoxy) is 2. The fourth-order valence-corrected chi connectivity index (χ4v) is 4.41. The Hall–Kier alpha value is -2.78. The van der Waals surface area contributed by atoms with Crippen LogP contribution in [0.4, 0.5) is 5.69 Å². The number of rotatable bonds is 7. The van der Waals surface area contributed by atoms with Crippen molar-refractivity contribution in [3.63, 3.8) is 0 Å². The fourth-order valence-electron chi connectivity index (χ4n) is 2.33. The average molecular weight is 418 g/mol. The van der Waals surface area contributed by atoms with Crippen LogP contribution in [0.5, 0.6) is 11.9 Å². The number of methoxy groups -OCH3 is 2. The molecule has 1 heterocycles. The Kier molecular flexibility index (Phi) is 6.05. The Bertz CT molecular complexity index is 1070. The molecule has 146 valence electrons. The van der Waals surface area contributed by atoms with Crippen LogP contribution in [0.15, 0.2) is 69.4 Å². The normalized spacial score (nSPS) is 11.1. The molecule has 0 saturated carbocycles. The lowest BCUT2D eigenvalue weighted by Crippen LogP contribution is -2.13. The van der Waals surface area contributed by atoms with Crippen LogP contribution in [0.3, 0.4) is 0 Å². The first-order valence-electron chi connectivity index (χ1n) is 8.24. The van der Waals surface area contributed by atoms with Crippen molar-refractivity contribution in [1.29, 1.82) is 0 Å². The van der Waals surface area contributed by atoms with E-state index in [1.165, 1.54) is 26.0 Å². The van der Waals surface area contributed by atoms with Gasteiger partial charge in [0.2, 0.25) is 5.88 Å². The number of aryl methyl sites for hydroxylation is 1. The van der Waals surface area contributed by atoms with Gasteiger partial charge in [-0.1, -0.05) is 41.6 Å². The highest BCUT2D eigenvalue weighted by Crippen LogP contribution is 2.38. The van der Waals surface area contributed by atoms with Crippen molar-refractivity contribution in [3.05, 3.63) is 60.3 Å². The van der Waals surface area contributed by atoms with Gasteiger partial charge < -0.3 is 9.47 Å². The van der Waals surface area contributed by atoms with Gasteiger partial charge in [0.15, 0.2) is 0 Å². The molecule has 0 bridgehead atoms. The maximum atomic E-state index is 12.7. The summed E-state index contributed by atoms with van der Waals surface area (Å²) in [6.07, 6.45) is 1.57. The number of para-hydroxylation sites is 1. The fraction of sp³-hybridized carbons (Fsp3) is 0.158. The summed E-state index contributed by atoms with van der Waals surface area (Å²) in [7, 11) is -0.750. The van der Waals surface area contributed by atoms with Gasteiger partial charge in [0.05, 0.1) is 35.9 Å². The van der Waals surface area contributed by atoms with Crippen LogP contribution in [-0.2, 0) is 10.0 Å². The summed E-state index contributed by atoms with van der Waals surface area (Å²) in [5, 5.41) is 0. The van der Waals surface area contributed by atoms with Crippen LogP contribution >= 0.6 is 11.8 Å². The van der Waals surface area contributed by atoms with E-state index in [0.717, 1.165) is 5.56 Å². The molecule has 2 aromatic carbocycles. The van der Waals surface area contributed by atoms with Gasteiger partial charge in [-0.3, -0.25) is 4.72 Å². The number of aromatic nitrogens is 2. The lowest BCUT2D eigenvalue weighted by Gasteiger charge is -2.13. The Morgan fingerprint density at radius 1 is 0.964 bits per heavy atom. The largest absolute Gasteiger partial charge is 0.480 e. The lowest BCUT2D eigenvalue weighted by atomic mass is 10.2. The van der Waals surface area contributed by atoms with Gasteiger partial charge in [0, 0.05) is 4.90 Å². The molecule has 0 radical (unpaired) electrons. The SMILES string of the molecule is COc1ncc(Sc2ccccc2NS(=O)(=O)c2ccc(C)cc2)c(OC)n1. The molecule has 0 fully saturated rings. The molecule has 0 saturated heterocycles. The molecule has 0 amide bonds. The molecule has 3 aromatic rings. The highest BCUT2D eigenvalue weighted by Gasteiger charge is 2.17. The van der Waals surface area contributed by atoms with Gasteiger partial charge in [0.25, 0.3) is 10.0 Å². The van der Waals surface area contributed by atoms with Crippen molar-refractivity contribution in [1.82, 2.24) is 9.97 Å². The predicted molar refractivity (Wildman–Crippen MR) is 108 cm³/mol. The zero-order chi connectivity index (χ0) is 20.1. The molecule has 9 heteroatoms. The van der Waals surface area contributed by atoms with E-state index in [1.54, 1.807) is 48.7 Å². The second-order valence-corrected chi connectivity index (χ2v) is 8.51. The minimum Gasteiger partial charge on any atom is -0.480 e. The third-order valence-corrected chi connectivity index (χ3v) is 6.22. The summed E-state index contributed by atoms with van der Waals surface area (Å²) >= 11 is 1.29. The first-order valence-corrected chi connectivity index (χ1v) is 10.5. The third kappa shape index (κ3) is 4.55. The maximum absolute atomic E-state index is 12.7. The number of hydrogen-bond acceptors (Lipinski definition) is 7. The topological polar surface area (TPSA) is 90.4 Å². The summed E-state index contributed by atoms with van der Waals surface area (Å²) in [6.45, 7) is 1.90. The van der Waals surface area contributed by atoms with Gasteiger partial charge in [-0.2, -0.15) is 4.98 Å². The van der Waals surface area contributed by atoms with Crippen molar-refractivity contribution >= 4 is 27.5 Å². The quantitative estimate of drug-likeness (QED) is 0.626. The van der Waals surface area contributed by atoms with E-state index in [4.69, 9.17) is 9.47 Å². The predicted octanol–water partition coefficient (Wildman–Crippen LogP) is 3.75. The molecule has 0 aliphatic heterocycles. The Balaban J connectivity index is 1.91. The van der Waals surface area contributed by atoms with E-state index in [1.807, 2.05) is 13.0 Å². The molecule has 3 rings (SSSR count). The van der Waals surface area contributed by atoms with Crippen molar-refractivity contribution in [3.8, 4) is 11.9 Å². The molecule has 28 heavy (non-hydrogen) atoms. The van der Waals surface area contributed by atoms with E-state index < -0.39 is 10.0 Å². The van der Waals surface area contributed by atoms with Gasteiger partial charge in [-0.25, -0.2) is 13.4 Å². The summed E-state index contributed by atoms with van der Waals surface area (Å²) < 4.78 is 38.4. The summed E-state index contributed by atoms with van der Waals surface area (Å²) in [4.78, 5) is 9.75. The highest BCUT2D eigenvalue weighted by molar-refractivity contribution is 7.99. The first kappa shape index (κ1) is 20.0. The Morgan fingerprint density at radius 3 is 2.36 bits per heavy atom. The number of nitrogens with one attached hydrogen (secondary N) is 1. The van der Waals surface area contributed by atoms with E-state index in [0.29, 0.717) is 21.4 Å². The van der Waals surface area contributed by atoms with E-state index >= 15 is 0 Å². The van der Waals surface area contributed by atoms with Crippen LogP contribution in [0, 0.1) is 6.92 Å². The molecule has 0 aliphatic carbocycles. The van der Waals surface area contributed by atoms with Crippen LogP contribution in [0.25, 0.3) is 0 Å². The maximum Gasteiger partial charge on any atom is 0.319 e. The molecule has 0 atom stereocenters. The van der Waals surface area contributed by atoms with Gasteiger partial charge >= 0.3 is 6.01 Å². The number of anilines is 1. The second-order valence-electron chi connectivity index (χ2n) is 5.75. The van der Waals surface area contributed by atoms with Crippen molar-refractivity contribution in [2.75, 3.05) is 18.9 Å². The van der Waals surface area contributed by atoms with Crippen LogP contribution in [-0.4, -0.2) is 32.6 Å². The Morgan fingerprint density at radius 2 is 1.68 bits per heavy atom. The molecule has 1 N–H and O–H groups in total. The van der Waals surface area contributed by atoms with Gasteiger partial charge in [-0.05, 0) is 31.2 Å². The zero-order valence-electron chi connectivity index (χ0n) is 15.5. The molecule has 0 spiro atoms. The number of sulfonamides is 1. The molecular weight excluding hydrogens is 398 g/mol. The lowest BCUT2D eigenvalue weighted by molar-refractivity contribution is 0.345. The minimum atomic E-state index is -3.72. The first-order chi connectivity index (χ1) is 13.4. The Labute approximate surface area is 168 Å². The molecule has 0 aliphatic rings. The van der Waals surface area contributed by atoms with Crippen molar-refractivity contribution < 1.29 is 17.9 Å². The molecule has 1 aromatic heterocycles. The van der Waals surface area contributed by atoms with Crippen LogP contribution < -0.4 is 14.2 Å². The number of benzene rings is 2. The van der Waals surface area contributed by atoms with E-state index in [9.17, 15) is 8.42 Å². The molecule has 7 nitrogen and oxygen atoms in total. The third-order valence-electron chi connectivity index (χ3n) is 3.76. The van der Waals surface area contributed by atoms with E-state index in [2.05, 4.69) is 14.7 Å². The average Bonchev–Trinajstić information content (AvgIpc) is 2.70. The summed E-state index contributed by atoms with van der Waals surface area (Å²) in [5.41, 5.74) is 1.44. The minimum absolute atomic E-state index is 0.189. The van der Waals surface area contributed by atoms with Crippen molar-refractivity contribution in [2.45, 2.75) is 21.6 Å². The van der Waals surface area contributed by atoms with Crippen LogP contribution in [0.2, 0.25) is 0 Å². The summed E-state index contributed by atoms with van der Waals surface area (Å²) in [6, 6.07) is 14.0. The molecule has 0 unspecified atom stereocenters. The standard InChI is InChI=1S/C19H19N3O4S2/c1-13-8-10-14(11-9-13)28(23,24)22-15-6-4-5-7-16(15)27-17-12-20-19(26-3)21-18(17)25-2/h4-12,22H,1-3H3. The van der Waals surface area contributed by atoms with Crippen LogP contribution in [0.1, 0.15) is 5.56 Å². The smallest absolute Gasteiger partial charge is 0.319 e. The number of nitrogens with zero attached hydrogens (tertiary/aromatic N) is 2. The molecular formula is C19H19N3O4S2.